The maximum absolute atomic E-state index is 11.8. The highest BCUT2D eigenvalue weighted by molar-refractivity contribution is 7.07. The number of hydrogen-bond acceptors (Lipinski definition) is 3. The van der Waals surface area contributed by atoms with Crippen molar-refractivity contribution in [3.63, 3.8) is 0 Å². The van der Waals surface area contributed by atoms with Crippen molar-refractivity contribution in [2.45, 2.75) is 20.4 Å². The van der Waals surface area contributed by atoms with Gasteiger partial charge < -0.3 is 4.90 Å². The van der Waals surface area contributed by atoms with Crippen molar-refractivity contribution in [2.24, 2.45) is 5.41 Å². The first-order chi connectivity index (χ1) is 6.97. The van der Waals surface area contributed by atoms with E-state index >= 15 is 0 Å². The Balaban J connectivity index is 2.67. The van der Waals surface area contributed by atoms with Gasteiger partial charge in [0.25, 0.3) is 0 Å². The first-order valence-electron chi connectivity index (χ1n) is 4.65. The highest BCUT2D eigenvalue weighted by Crippen LogP contribution is 2.18. The Kier molecular flexibility index (Phi) is 3.48. The summed E-state index contributed by atoms with van der Waals surface area (Å²) in [6.45, 7) is 3.84. The van der Waals surface area contributed by atoms with Crippen molar-refractivity contribution in [3.05, 3.63) is 22.4 Å². The molecule has 0 spiro atoms. The Morgan fingerprint density at radius 3 is 2.80 bits per heavy atom. The lowest BCUT2D eigenvalue weighted by molar-refractivity contribution is -0.136. The number of amides is 1. The van der Waals surface area contributed by atoms with Crippen molar-refractivity contribution >= 4 is 17.2 Å². The fourth-order valence-electron chi connectivity index (χ4n) is 1.25. The summed E-state index contributed by atoms with van der Waals surface area (Å²) >= 11 is 1.60. The van der Waals surface area contributed by atoms with Crippen LogP contribution in [0.1, 0.15) is 19.4 Å². The molecule has 0 saturated heterocycles. The van der Waals surface area contributed by atoms with E-state index < -0.39 is 5.41 Å². The molecule has 1 rings (SSSR count). The minimum absolute atomic E-state index is 0.142. The van der Waals surface area contributed by atoms with Gasteiger partial charge in [0, 0.05) is 13.6 Å². The Morgan fingerprint density at radius 1 is 1.67 bits per heavy atom. The van der Waals surface area contributed by atoms with Gasteiger partial charge in [-0.05, 0) is 36.2 Å². The number of nitrogens with zero attached hydrogens (tertiary/aromatic N) is 2. The number of thiophene rings is 1. The molecule has 15 heavy (non-hydrogen) atoms. The SMILES string of the molecule is CN(Cc1ccsc1)C(=O)C(C)(C)C#N. The van der Waals surface area contributed by atoms with Crippen LogP contribution in [0, 0.1) is 16.7 Å². The lowest BCUT2D eigenvalue weighted by Gasteiger charge is -2.23. The molecule has 80 valence electrons. The van der Waals surface area contributed by atoms with E-state index in [0.29, 0.717) is 6.54 Å². The largest absolute Gasteiger partial charge is 0.340 e. The highest BCUT2D eigenvalue weighted by Gasteiger charge is 2.30. The molecule has 0 fully saturated rings. The summed E-state index contributed by atoms with van der Waals surface area (Å²) in [4.78, 5) is 13.4. The summed E-state index contributed by atoms with van der Waals surface area (Å²) in [7, 11) is 1.72. The van der Waals surface area contributed by atoms with Gasteiger partial charge in [-0.1, -0.05) is 0 Å². The van der Waals surface area contributed by atoms with E-state index in [0.717, 1.165) is 5.56 Å². The Morgan fingerprint density at radius 2 is 2.33 bits per heavy atom. The Bertz CT molecular complexity index is 376. The van der Waals surface area contributed by atoms with Crippen LogP contribution in [0.3, 0.4) is 0 Å². The molecular weight excluding hydrogens is 208 g/mol. The summed E-state index contributed by atoms with van der Waals surface area (Å²) in [5.74, 6) is -0.142. The molecule has 0 bridgehead atoms. The van der Waals surface area contributed by atoms with E-state index in [1.807, 2.05) is 22.9 Å². The van der Waals surface area contributed by atoms with Gasteiger partial charge in [0.1, 0.15) is 5.41 Å². The van der Waals surface area contributed by atoms with Crippen molar-refractivity contribution in [2.75, 3.05) is 7.05 Å². The van der Waals surface area contributed by atoms with Gasteiger partial charge in [-0.2, -0.15) is 16.6 Å². The van der Waals surface area contributed by atoms with Crippen LogP contribution >= 0.6 is 11.3 Å². The molecule has 1 heterocycles. The fraction of sp³-hybridized carbons (Fsp3) is 0.455. The molecule has 0 unspecified atom stereocenters. The molecule has 1 amide bonds. The average molecular weight is 222 g/mol. The first kappa shape index (κ1) is 11.7. The lowest BCUT2D eigenvalue weighted by atomic mass is 9.94. The van der Waals surface area contributed by atoms with Gasteiger partial charge in [-0.15, -0.1) is 0 Å². The van der Waals surface area contributed by atoms with Crippen LogP contribution < -0.4 is 0 Å². The molecule has 1 aromatic heterocycles. The predicted octanol–water partition coefficient (Wildman–Crippen LogP) is 2.26. The summed E-state index contributed by atoms with van der Waals surface area (Å²) in [5, 5.41) is 12.8. The Hall–Kier alpha value is -1.34. The second kappa shape index (κ2) is 4.45. The van der Waals surface area contributed by atoms with Crippen LogP contribution in [0.4, 0.5) is 0 Å². The summed E-state index contributed by atoms with van der Waals surface area (Å²) in [6, 6.07) is 3.99. The topological polar surface area (TPSA) is 44.1 Å². The van der Waals surface area contributed by atoms with E-state index in [-0.39, 0.29) is 5.91 Å². The van der Waals surface area contributed by atoms with E-state index in [2.05, 4.69) is 0 Å². The summed E-state index contributed by atoms with van der Waals surface area (Å²) < 4.78 is 0. The number of rotatable bonds is 3. The zero-order chi connectivity index (χ0) is 11.5. The minimum atomic E-state index is -0.940. The van der Waals surface area contributed by atoms with Crippen molar-refractivity contribution in [1.82, 2.24) is 4.90 Å². The minimum Gasteiger partial charge on any atom is -0.340 e. The van der Waals surface area contributed by atoms with Crippen molar-refractivity contribution in [3.8, 4) is 6.07 Å². The van der Waals surface area contributed by atoms with E-state index in [4.69, 9.17) is 5.26 Å². The van der Waals surface area contributed by atoms with E-state index in [1.54, 1.807) is 37.1 Å². The Labute approximate surface area is 93.9 Å². The monoisotopic (exact) mass is 222 g/mol. The molecule has 1 aromatic rings. The van der Waals surface area contributed by atoms with Gasteiger partial charge in [0.15, 0.2) is 0 Å². The molecule has 0 atom stereocenters. The molecule has 0 N–H and O–H groups in total. The molecule has 0 aromatic carbocycles. The van der Waals surface area contributed by atoms with Gasteiger partial charge in [-0.3, -0.25) is 4.79 Å². The molecule has 0 radical (unpaired) electrons. The number of nitriles is 1. The standard InChI is InChI=1S/C11H14N2OS/c1-11(2,8-12)10(14)13(3)6-9-4-5-15-7-9/h4-5,7H,6H2,1-3H3. The second-order valence-corrected chi connectivity index (χ2v) is 4.81. The van der Waals surface area contributed by atoms with E-state index in [9.17, 15) is 4.79 Å². The molecule has 0 aliphatic carbocycles. The van der Waals surface area contributed by atoms with Crippen LogP contribution in [-0.2, 0) is 11.3 Å². The van der Waals surface area contributed by atoms with Gasteiger partial charge in [-0.25, -0.2) is 0 Å². The van der Waals surface area contributed by atoms with E-state index in [1.165, 1.54) is 0 Å². The van der Waals surface area contributed by atoms with Crippen LogP contribution in [-0.4, -0.2) is 17.9 Å². The van der Waals surface area contributed by atoms with Gasteiger partial charge >= 0.3 is 0 Å². The smallest absolute Gasteiger partial charge is 0.242 e. The van der Waals surface area contributed by atoms with Crippen LogP contribution in [0.5, 0.6) is 0 Å². The summed E-state index contributed by atoms with van der Waals surface area (Å²) in [5.41, 5.74) is 0.162. The molecule has 4 heteroatoms. The number of carbonyl (C=O) groups excluding carboxylic acids is 1. The van der Waals surface area contributed by atoms with Gasteiger partial charge in [0.2, 0.25) is 5.91 Å². The maximum atomic E-state index is 11.8. The number of hydrogen-bond donors (Lipinski definition) is 0. The van der Waals surface area contributed by atoms with Crippen LogP contribution in [0.15, 0.2) is 16.8 Å². The van der Waals surface area contributed by atoms with Crippen LogP contribution in [0.2, 0.25) is 0 Å². The third-order valence-corrected chi connectivity index (χ3v) is 2.89. The lowest BCUT2D eigenvalue weighted by Crippen LogP contribution is -2.37. The number of carbonyl (C=O) groups is 1. The molecular formula is C11H14N2OS. The second-order valence-electron chi connectivity index (χ2n) is 4.03. The molecule has 0 aliphatic rings. The third-order valence-electron chi connectivity index (χ3n) is 2.16. The molecule has 3 nitrogen and oxygen atoms in total. The molecule has 0 saturated carbocycles. The third kappa shape index (κ3) is 2.80. The first-order valence-corrected chi connectivity index (χ1v) is 5.59. The van der Waals surface area contributed by atoms with Crippen LogP contribution in [0.25, 0.3) is 0 Å². The fourth-order valence-corrected chi connectivity index (χ4v) is 1.91. The summed E-state index contributed by atoms with van der Waals surface area (Å²) in [6.07, 6.45) is 0. The maximum Gasteiger partial charge on any atom is 0.242 e. The zero-order valence-electron chi connectivity index (χ0n) is 9.15. The van der Waals surface area contributed by atoms with Gasteiger partial charge in [0.05, 0.1) is 6.07 Å². The highest BCUT2D eigenvalue weighted by atomic mass is 32.1. The normalized spacial score (nSPS) is 10.8. The van der Waals surface area contributed by atoms with Crippen molar-refractivity contribution in [1.29, 1.82) is 5.26 Å². The van der Waals surface area contributed by atoms with Crippen molar-refractivity contribution < 1.29 is 4.79 Å². The predicted molar refractivity (Wildman–Crippen MR) is 60.2 cm³/mol. The zero-order valence-corrected chi connectivity index (χ0v) is 9.97. The quantitative estimate of drug-likeness (QED) is 0.787. The molecule has 0 aliphatic heterocycles. The average Bonchev–Trinajstić information content (AvgIpc) is 2.69.